The Kier molecular flexibility index (Phi) is 8.02. The standard InChI is InChI=1S/C25H34N2O3/c1-25(2,3)30-23(28)20-29-19-18-26-14-16-27(17-15-26)24(21-10-6-4-7-11-21)22-12-8-5-9-13-22/h4-13,24H,14-20H2,1-3H3. The quantitative estimate of drug-likeness (QED) is 0.490. The summed E-state index contributed by atoms with van der Waals surface area (Å²) in [5.41, 5.74) is 2.20. The molecule has 0 bridgehead atoms. The van der Waals surface area contributed by atoms with Gasteiger partial charge in [0.2, 0.25) is 0 Å². The maximum Gasteiger partial charge on any atom is 0.332 e. The van der Waals surface area contributed by atoms with Gasteiger partial charge in [0.05, 0.1) is 12.6 Å². The molecule has 1 aliphatic heterocycles. The van der Waals surface area contributed by atoms with E-state index in [0.717, 1.165) is 32.7 Å². The molecule has 3 rings (SSSR count). The average Bonchev–Trinajstić information content (AvgIpc) is 2.73. The highest BCUT2D eigenvalue weighted by molar-refractivity contribution is 5.71. The fourth-order valence-corrected chi connectivity index (χ4v) is 3.85. The van der Waals surface area contributed by atoms with E-state index >= 15 is 0 Å². The number of carbonyl (C=O) groups excluding carboxylic acids is 1. The van der Waals surface area contributed by atoms with E-state index in [1.165, 1.54) is 11.1 Å². The third-order valence-electron chi connectivity index (χ3n) is 5.19. The molecular weight excluding hydrogens is 376 g/mol. The summed E-state index contributed by atoms with van der Waals surface area (Å²) in [5.74, 6) is -0.305. The SMILES string of the molecule is CC(C)(C)OC(=O)COCCN1CCN(C(c2ccccc2)c2ccccc2)CC1. The molecule has 30 heavy (non-hydrogen) atoms. The number of nitrogens with zero attached hydrogens (tertiary/aromatic N) is 2. The van der Waals surface area contributed by atoms with Crippen molar-refractivity contribution in [3.05, 3.63) is 71.8 Å². The van der Waals surface area contributed by atoms with Crippen molar-refractivity contribution in [3.8, 4) is 0 Å². The number of ether oxygens (including phenoxy) is 2. The normalized spacial score (nSPS) is 16.0. The van der Waals surface area contributed by atoms with Crippen molar-refractivity contribution in [1.82, 2.24) is 9.80 Å². The Morgan fingerprint density at radius 1 is 0.900 bits per heavy atom. The van der Waals surface area contributed by atoms with Crippen LogP contribution in [0.1, 0.15) is 37.9 Å². The van der Waals surface area contributed by atoms with E-state index in [4.69, 9.17) is 9.47 Å². The molecule has 2 aromatic carbocycles. The van der Waals surface area contributed by atoms with Crippen LogP contribution in [0.15, 0.2) is 60.7 Å². The van der Waals surface area contributed by atoms with Crippen molar-refractivity contribution in [3.63, 3.8) is 0 Å². The molecule has 0 saturated carbocycles. The van der Waals surface area contributed by atoms with Gasteiger partial charge in [0.1, 0.15) is 12.2 Å². The molecule has 1 aliphatic rings. The van der Waals surface area contributed by atoms with Gasteiger partial charge in [-0.05, 0) is 31.9 Å². The van der Waals surface area contributed by atoms with Crippen LogP contribution in [0.25, 0.3) is 0 Å². The average molecular weight is 411 g/mol. The largest absolute Gasteiger partial charge is 0.458 e. The maximum atomic E-state index is 11.7. The molecule has 2 aromatic rings. The molecule has 0 spiro atoms. The first-order chi connectivity index (χ1) is 14.4. The summed E-state index contributed by atoms with van der Waals surface area (Å²) in [6, 6.07) is 21.7. The molecule has 5 heteroatoms. The highest BCUT2D eigenvalue weighted by atomic mass is 16.6. The van der Waals surface area contributed by atoms with Crippen LogP contribution in [-0.4, -0.2) is 67.3 Å². The first-order valence-electron chi connectivity index (χ1n) is 10.8. The van der Waals surface area contributed by atoms with Gasteiger partial charge in [-0.2, -0.15) is 0 Å². The Bertz CT molecular complexity index is 726. The first-order valence-corrected chi connectivity index (χ1v) is 10.8. The zero-order valence-electron chi connectivity index (χ0n) is 18.4. The third-order valence-corrected chi connectivity index (χ3v) is 5.19. The number of hydrogen-bond donors (Lipinski definition) is 0. The maximum absolute atomic E-state index is 11.7. The summed E-state index contributed by atoms with van der Waals surface area (Å²) in [5, 5.41) is 0. The van der Waals surface area contributed by atoms with E-state index in [2.05, 4.69) is 70.5 Å². The van der Waals surface area contributed by atoms with Crippen molar-refractivity contribution in [2.45, 2.75) is 32.4 Å². The van der Waals surface area contributed by atoms with Gasteiger partial charge in [-0.3, -0.25) is 9.80 Å². The van der Waals surface area contributed by atoms with E-state index in [9.17, 15) is 4.79 Å². The number of benzene rings is 2. The molecule has 0 aromatic heterocycles. The van der Waals surface area contributed by atoms with Gasteiger partial charge in [0.15, 0.2) is 0 Å². The van der Waals surface area contributed by atoms with E-state index in [1.807, 2.05) is 20.8 Å². The van der Waals surface area contributed by atoms with Gasteiger partial charge >= 0.3 is 5.97 Å². The Hall–Kier alpha value is -2.21. The van der Waals surface area contributed by atoms with Crippen LogP contribution < -0.4 is 0 Å². The summed E-state index contributed by atoms with van der Waals surface area (Å²) in [6.45, 7) is 11.0. The predicted octanol–water partition coefficient (Wildman–Crippen LogP) is 3.75. The number of rotatable bonds is 8. The molecule has 0 amide bonds. The minimum Gasteiger partial charge on any atom is -0.458 e. The van der Waals surface area contributed by atoms with Gasteiger partial charge < -0.3 is 9.47 Å². The fourth-order valence-electron chi connectivity index (χ4n) is 3.85. The number of hydrogen-bond acceptors (Lipinski definition) is 5. The summed E-state index contributed by atoms with van der Waals surface area (Å²) < 4.78 is 10.8. The van der Waals surface area contributed by atoms with E-state index < -0.39 is 5.60 Å². The molecule has 0 unspecified atom stereocenters. The lowest BCUT2D eigenvalue weighted by molar-refractivity contribution is -0.160. The van der Waals surface area contributed by atoms with Crippen LogP contribution in [0.2, 0.25) is 0 Å². The first kappa shape index (κ1) is 22.5. The lowest BCUT2D eigenvalue weighted by Gasteiger charge is -2.39. The lowest BCUT2D eigenvalue weighted by Crippen LogP contribution is -2.48. The fraction of sp³-hybridized carbons (Fsp3) is 0.480. The molecule has 0 atom stereocenters. The van der Waals surface area contributed by atoms with Gasteiger partial charge in [0.25, 0.3) is 0 Å². The zero-order chi connectivity index (χ0) is 21.4. The molecule has 1 saturated heterocycles. The Morgan fingerprint density at radius 3 is 1.93 bits per heavy atom. The summed E-state index contributed by atoms with van der Waals surface area (Å²) in [7, 11) is 0. The van der Waals surface area contributed by atoms with Crippen LogP contribution in [-0.2, 0) is 14.3 Å². The number of carbonyl (C=O) groups is 1. The van der Waals surface area contributed by atoms with Crippen molar-refractivity contribution >= 4 is 5.97 Å². The van der Waals surface area contributed by atoms with Gasteiger partial charge in [-0.1, -0.05) is 60.7 Å². The third kappa shape index (κ3) is 6.94. The Labute approximate surface area is 180 Å². The molecule has 0 radical (unpaired) electrons. The van der Waals surface area contributed by atoms with E-state index in [-0.39, 0.29) is 18.6 Å². The minimum atomic E-state index is -0.467. The molecule has 162 valence electrons. The van der Waals surface area contributed by atoms with Crippen LogP contribution in [0.4, 0.5) is 0 Å². The molecule has 0 N–H and O–H groups in total. The van der Waals surface area contributed by atoms with Crippen LogP contribution >= 0.6 is 0 Å². The van der Waals surface area contributed by atoms with Gasteiger partial charge in [-0.25, -0.2) is 4.79 Å². The van der Waals surface area contributed by atoms with Crippen molar-refractivity contribution in [2.24, 2.45) is 0 Å². The Balaban J connectivity index is 1.48. The molecule has 5 nitrogen and oxygen atoms in total. The van der Waals surface area contributed by atoms with E-state index in [0.29, 0.717) is 6.61 Å². The number of esters is 1. The summed E-state index contributed by atoms with van der Waals surface area (Å²) >= 11 is 0. The van der Waals surface area contributed by atoms with Crippen LogP contribution in [0.5, 0.6) is 0 Å². The molecule has 1 heterocycles. The van der Waals surface area contributed by atoms with Gasteiger partial charge in [0, 0.05) is 32.7 Å². The summed E-state index contributed by atoms with van der Waals surface area (Å²) in [6.07, 6.45) is 0. The number of piperazine rings is 1. The van der Waals surface area contributed by atoms with Crippen molar-refractivity contribution in [2.75, 3.05) is 45.9 Å². The topological polar surface area (TPSA) is 42.0 Å². The van der Waals surface area contributed by atoms with Gasteiger partial charge in [-0.15, -0.1) is 0 Å². The predicted molar refractivity (Wildman–Crippen MR) is 119 cm³/mol. The zero-order valence-corrected chi connectivity index (χ0v) is 18.4. The van der Waals surface area contributed by atoms with Crippen molar-refractivity contribution in [1.29, 1.82) is 0 Å². The van der Waals surface area contributed by atoms with Crippen molar-refractivity contribution < 1.29 is 14.3 Å². The van der Waals surface area contributed by atoms with Crippen LogP contribution in [0, 0.1) is 0 Å². The molecular formula is C25H34N2O3. The second kappa shape index (κ2) is 10.7. The summed E-state index contributed by atoms with van der Waals surface area (Å²) in [4.78, 5) is 16.7. The second-order valence-corrected chi connectivity index (χ2v) is 8.74. The highest BCUT2D eigenvalue weighted by Crippen LogP contribution is 2.29. The van der Waals surface area contributed by atoms with Crippen LogP contribution in [0.3, 0.4) is 0 Å². The molecule has 0 aliphatic carbocycles. The van der Waals surface area contributed by atoms with E-state index in [1.54, 1.807) is 0 Å². The monoisotopic (exact) mass is 410 g/mol. The minimum absolute atomic E-state index is 0.0152. The lowest BCUT2D eigenvalue weighted by atomic mass is 9.96. The highest BCUT2D eigenvalue weighted by Gasteiger charge is 2.26. The molecule has 1 fully saturated rings. The Morgan fingerprint density at radius 2 is 1.43 bits per heavy atom. The second-order valence-electron chi connectivity index (χ2n) is 8.74. The smallest absolute Gasteiger partial charge is 0.332 e.